The zero-order chi connectivity index (χ0) is 13.6. The fraction of sp³-hybridized carbons (Fsp3) is 0.900. The molecule has 17 heavy (non-hydrogen) atoms. The van der Waals surface area contributed by atoms with Crippen molar-refractivity contribution in [1.29, 1.82) is 0 Å². The molecule has 7 heteroatoms. The molecule has 102 valence electrons. The van der Waals surface area contributed by atoms with E-state index < -0.39 is 18.8 Å². The Morgan fingerprint density at radius 3 is 2.29 bits per heavy atom. The second kappa shape index (κ2) is 6.80. The highest BCUT2D eigenvalue weighted by Crippen LogP contribution is 2.20. The van der Waals surface area contributed by atoms with E-state index in [2.05, 4.69) is 0 Å². The second-order valence-electron chi connectivity index (χ2n) is 3.98. The molecule has 0 radical (unpaired) electrons. The van der Waals surface area contributed by atoms with Crippen LogP contribution in [-0.2, 0) is 4.79 Å². The lowest BCUT2D eigenvalue weighted by molar-refractivity contribution is -0.207. The molecule has 0 rings (SSSR count). The maximum Gasteiger partial charge on any atom is 0.415 e. The molecule has 0 saturated heterocycles. The van der Waals surface area contributed by atoms with Gasteiger partial charge in [0.15, 0.2) is 6.10 Å². The van der Waals surface area contributed by atoms with Gasteiger partial charge in [-0.1, -0.05) is 0 Å². The van der Waals surface area contributed by atoms with Crippen molar-refractivity contribution in [2.24, 2.45) is 0 Å². The molecular formula is C10H19F3N2O2. The van der Waals surface area contributed by atoms with Gasteiger partial charge < -0.3 is 14.9 Å². The van der Waals surface area contributed by atoms with Gasteiger partial charge in [0.1, 0.15) is 0 Å². The number of likely N-dealkylation sites (N-methyl/N-ethyl adjacent to an activating group) is 1. The zero-order valence-electron chi connectivity index (χ0n) is 10.3. The Morgan fingerprint density at radius 1 is 1.35 bits per heavy atom. The number of aliphatic hydroxyl groups is 1. The number of aliphatic hydroxyl groups excluding tert-OH is 1. The van der Waals surface area contributed by atoms with Gasteiger partial charge in [-0.15, -0.1) is 0 Å². The first-order valence-corrected chi connectivity index (χ1v) is 5.35. The topological polar surface area (TPSA) is 43.8 Å². The molecule has 0 aromatic carbocycles. The third kappa shape index (κ3) is 6.48. The summed E-state index contributed by atoms with van der Waals surface area (Å²) in [5, 5.41) is 8.81. The van der Waals surface area contributed by atoms with E-state index in [1.165, 1.54) is 16.8 Å². The highest BCUT2D eigenvalue weighted by atomic mass is 19.4. The number of rotatable bonds is 6. The van der Waals surface area contributed by atoms with Crippen LogP contribution in [0.1, 0.15) is 13.3 Å². The van der Waals surface area contributed by atoms with E-state index >= 15 is 0 Å². The number of hydrogen-bond acceptors (Lipinski definition) is 3. The van der Waals surface area contributed by atoms with E-state index in [1.54, 1.807) is 7.05 Å². The molecule has 1 amide bonds. The van der Waals surface area contributed by atoms with Crippen LogP contribution >= 0.6 is 0 Å². The van der Waals surface area contributed by atoms with Gasteiger partial charge in [-0.05, 0) is 14.0 Å². The predicted octanol–water partition coefficient (Wildman–Crippen LogP) is 0.710. The van der Waals surface area contributed by atoms with Crippen LogP contribution in [-0.4, -0.2) is 66.8 Å². The summed E-state index contributed by atoms with van der Waals surface area (Å²) in [7, 11) is 3.07. The first-order chi connectivity index (χ1) is 7.68. The van der Waals surface area contributed by atoms with Crippen LogP contribution < -0.4 is 0 Å². The molecular weight excluding hydrogens is 237 g/mol. The van der Waals surface area contributed by atoms with E-state index in [1.807, 2.05) is 6.92 Å². The summed E-state index contributed by atoms with van der Waals surface area (Å²) in [6, 6.07) is 0. The lowest BCUT2D eigenvalue weighted by atomic mass is 10.3. The average Bonchev–Trinajstić information content (AvgIpc) is 2.23. The first kappa shape index (κ1) is 16.2. The van der Waals surface area contributed by atoms with Gasteiger partial charge in [-0.2, -0.15) is 13.2 Å². The molecule has 1 unspecified atom stereocenters. The van der Waals surface area contributed by atoms with Crippen molar-refractivity contribution in [3.63, 3.8) is 0 Å². The SMILES string of the molecule is CCN(C)C(=O)CCN(C)CC(O)C(F)(F)F. The van der Waals surface area contributed by atoms with E-state index in [-0.39, 0.29) is 18.9 Å². The predicted molar refractivity (Wildman–Crippen MR) is 57.5 cm³/mol. The zero-order valence-corrected chi connectivity index (χ0v) is 10.3. The van der Waals surface area contributed by atoms with Crippen LogP contribution in [0.2, 0.25) is 0 Å². The van der Waals surface area contributed by atoms with Gasteiger partial charge >= 0.3 is 6.18 Å². The molecule has 0 aromatic rings. The van der Waals surface area contributed by atoms with Crippen LogP contribution in [0.4, 0.5) is 13.2 Å². The molecule has 0 heterocycles. The fourth-order valence-electron chi connectivity index (χ4n) is 1.14. The minimum Gasteiger partial charge on any atom is -0.382 e. The number of carbonyl (C=O) groups excluding carboxylic acids is 1. The first-order valence-electron chi connectivity index (χ1n) is 5.35. The van der Waals surface area contributed by atoms with Crippen molar-refractivity contribution in [1.82, 2.24) is 9.80 Å². The average molecular weight is 256 g/mol. The molecule has 0 bridgehead atoms. The van der Waals surface area contributed by atoms with E-state index in [4.69, 9.17) is 5.11 Å². The maximum atomic E-state index is 12.0. The maximum absolute atomic E-state index is 12.0. The van der Waals surface area contributed by atoms with Crippen molar-refractivity contribution in [3.05, 3.63) is 0 Å². The van der Waals surface area contributed by atoms with Gasteiger partial charge in [0.05, 0.1) is 0 Å². The number of hydrogen-bond donors (Lipinski definition) is 1. The van der Waals surface area contributed by atoms with Gasteiger partial charge in [0, 0.05) is 33.1 Å². The molecule has 0 fully saturated rings. The van der Waals surface area contributed by atoms with E-state index in [0.717, 1.165) is 0 Å². The quantitative estimate of drug-likeness (QED) is 0.761. The second-order valence-corrected chi connectivity index (χ2v) is 3.98. The summed E-state index contributed by atoms with van der Waals surface area (Å²) in [4.78, 5) is 14.2. The van der Waals surface area contributed by atoms with Crippen LogP contribution in [0, 0.1) is 0 Å². The Hall–Kier alpha value is -0.820. The summed E-state index contributed by atoms with van der Waals surface area (Å²) >= 11 is 0. The Labute approximate surface area is 99.0 Å². The molecule has 0 saturated carbocycles. The number of halogens is 3. The highest BCUT2D eigenvalue weighted by Gasteiger charge is 2.38. The molecule has 1 atom stereocenters. The smallest absolute Gasteiger partial charge is 0.382 e. The third-order valence-corrected chi connectivity index (χ3v) is 2.47. The summed E-state index contributed by atoms with van der Waals surface area (Å²) in [5.74, 6) is -0.124. The summed E-state index contributed by atoms with van der Waals surface area (Å²) < 4.78 is 36.1. The van der Waals surface area contributed by atoms with Crippen molar-refractivity contribution in [2.45, 2.75) is 25.6 Å². The summed E-state index contributed by atoms with van der Waals surface area (Å²) in [6.45, 7) is 2.05. The number of amides is 1. The summed E-state index contributed by atoms with van der Waals surface area (Å²) in [6.07, 6.45) is -6.84. The molecule has 0 spiro atoms. The monoisotopic (exact) mass is 256 g/mol. The van der Waals surface area contributed by atoms with E-state index in [9.17, 15) is 18.0 Å². The number of nitrogens with zero attached hydrogens (tertiary/aromatic N) is 2. The fourth-order valence-corrected chi connectivity index (χ4v) is 1.14. The third-order valence-electron chi connectivity index (χ3n) is 2.47. The van der Waals surface area contributed by atoms with Crippen molar-refractivity contribution in [3.8, 4) is 0 Å². The van der Waals surface area contributed by atoms with Gasteiger partial charge in [-0.3, -0.25) is 4.79 Å². The lowest BCUT2D eigenvalue weighted by Gasteiger charge is -2.23. The molecule has 4 nitrogen and oxygen atoms in total. The lowest BCUT2D eigenvalue weighted by Crippen LogP contribution is -2.40. The van der Waals surface area contributed by atoms with Crippen molar-refractivity contribution < 1.29 is 23.1 Å². The number of carbonyl (C=O) groups is 1. The normalized spacial score (nSPS) is 13.9. The Kier molecular flexibility index (Phi) is 6.48. The van der Waals surface area contributed by atoms with Crippen molar-refractivity contribution in [2.75, 3.05) is 33.7 Å². The van der Waals surface area contributed by atoms with Crippen LogP contribution in [0.15, 0.2) is 0 Å². The van der Waals surface area contributed by atoms with Crippen LogP contribution in [0.3, 0.4) is 0 Å². The van der Waals surface area contributed by atoms with Gasteiger partial charge in [0.25, 0.3) is 0 Å². The molecule has 0 aliphatic carbocycles. The molecule has 1 N–H and O–H groups in total. The molecule has 0 aromatic heterocycles. The Morgan fingerprint density at radius 2 is 1.88 bits per heavy atom. The molecule has 0 aliphatic rings. The van der Waals surface area contributed by atoms with E-state index in [0.29, 0.717) is 6.54 Å². The summed E-state index contributed by atoms with van der Waals surface area (Å²) in [5.41, 5.74) is 0. The van der Waals surface area contributed by atoms with Gasteiger partial charge in [0.2, 0.25) is 5.91 Å². The minimum absolute atomic E-state index is 0.124. The molecule has 0 aliphatic heterocycles. The Bertz CT molecular complexity index is 246. The van der Waals surface area contributed by atoms with Gasteiger partial charge in [-0.25, -0.2) is 0 Å². The highest BCUT2D eigenvalue weighted by molar-refractivity contribution is 5.75. The standard InChI is InChI=1S/C10H19F3N2O2/c1-4-15(3)9(17)5-6-14(2)7-8(16)10(11,12)13/h8,16H,4-7H2,1-3H3. The largest absolute Gasteiger partial charge is 0.415 e. The Balaban J connectivity index is 3.96. The van der Waals surface area contributed by atoms with Crippen LogP contribution in [0.25, 0.3) is 0 Å². The number of alkyl halides is 3. The minimum atomic E-state index is -4.61. The van der Waals surface area contributed by atoms with Crippen molar-refractivity contribution >= 4 is 5.91 Å². The van der Waals surface area contributed by atoms with Crippen LogP contribution in [0.5, 0.6) is 0 Å².